The predicted molar refractivity (Wildman–Crippen MR) is 79.6 cm³/mol. The van der Waals surface area contributed by atoms with E-state index in [9.17, 15) is 5.11 Å². The van der Waals surface area contributed by atoms with Gasteiger partial charge in [0.15, 0.2) is 0 Å². The summed E-state index contributed by atoms with van der Waals surface area (Å²) in [4.78, 5) is 3.38. The van der Waals surface area contributed by atoms with Crippen LogP contribution in [0.3, 0.4) is 0 Å². The molecule has 6 heteroatoms. The van der Waals surface area contributed by atoms with Gasteiger partial charge in [-0.3, -0.25) is 0 Å². The Morgan fingerprint density at radius 1 is 1.38 bits per heavy atom. The molecular formula is C15H16ClN3O2. The van der Waals surface area contributed by atoms with Crippen molar-refractivity contribution in [2.24, 2.45) is 0 Å². The van der Waals surface area contributed by atoms with Gasteiger partial charge >= 0.3 is 0 Å². The molecule has 0 fully saturated rings. The topological polar surface area (TPSA) is 63.5 Å². The fourth-order valence-corrected chi connectivity index (χ4v) is 2.41. The number of benzene rings is 1. The van der Waals surface area contributed by atoms with Crippen LogP contribution in [-0.4, -0.2) is 21.4 Å². The highest BCUT2D eigenvalue weighted by Crippen LogP contribution is 2.33. The van der Waals surface area contributed by atoms with Crippen LogP contribution in [0.4, 0.5) is 5.69 Å². The molecule has 0 aliphatic carbocycles. The van der Waals surface area contributed by atoms with E-state index in [4.69, 9.17) is 22.6 Å². The lowest BCUT2D eigenvalue weighted by molar-refractivity contribution is 0.147. The summed E-state index contributed by atoms with van der Waals surface area (Å²) in [7, 11) is 0. The SMILES string of the molecule is [C-]#[N+]c1ccc(C[C@@H](c2nnc(C)o2)[C@H](C)O)c(C)c1Cl. The van der Waals surface area contributed by atoms with Gasteiger partial charge < -0.3 is 9.52 Å². The van der Waals surface area contributed by atoms with Crippen LogP contribution < -0.4 is 0 Å². The van der Waals surface area contributed by atoms with Crippen LogP contribution in [-0.2, 0) is 6.42 Å². The molecule has 2 atom stereocenters. The van der Waals surface area contributed by atoms with Gasteiger partial charge in [0.25, 0.3) is 0 Å². The summed E-state index contributed by atoms with van der Waals surface area (Å²) in [5.74, 6) is 0.570. The van der Waals surface area contributed by atoms with Gasteiger partial charge in [0.2, 0.25) is 17.5 Å². The van der Waals surface area contributed by atoms with Gasteiger partial charge in [-0.05, 0) is 31.4 Å². The average Bonchev–Trinajstić information content (AvgIpc) is 2.86. The fraction of sp³-hybridized carbons (Fsp3) is 0.400. The van der Waals surface area contributed by atoms with Crippen LogP contribution in [0.25, 0.3) is 4.85 Å². The molecule has 0 aliphatic rings. The highest BCUT2D eigenvalue weighted by atomic mass is 35.5. The molecule has 0 bridgehead atoms. The Bertz CT molecular complexity index is 689. The van der Waals surface area contributed by atoms with E-state index in [0.29, 0.717) is 28.9 Å². The highest BCUT2D eigenvalue weighted by molar-refractivity contribution is 6.34. The Kier molecular flexibility index (Phi) is 4.61. The zero-order valence-electron chi connectivity index (χ0n) is 12.1. The summed E-state index contributed by atoms with van der Waals surface area (Å²) in [6, 6.07) is 3.54. The fourth-order valence-electron chi connectivity index (χ4n) is 2.18. The molecule has 0 saturated heterocycles. The lowest BCUT2D eigenvalue weighted by Gasteiger charge is -2.18. The van der Waals surface area contributed by atoms with E-state index in [0.717, 1.165) is 11.1 Å². The number of hydrogen-bond donors (Lipinski definition) is 1. The smallest absolute Gasteiger partial charge is 0.222 e. The molecule has 0 radical (unpaired) electrons. The first kappa shape index (κ1) is 15.5. The summed E-state index contributed by atoms with van der Waals surface area (Å²) < 4.78 is 5.43. The summed E-state index contributed by atoms with van der Waals surface area (Å²) >= 11 is 6.18. The summed E-state index contributed by atoms with van der Waals surface area (Å²) in [5.41, 5.74) is 2.22. The second kappa shape index (κ2) is 6.25. The van der Waals surface area contributed by atoms with E-state index in [2.05, 4.69) is 15.0 Å². The van der Waals surface area contributed by atoms with Crippen molar-refractivity contribution in [3.8, 4) is 0 Å². The Balaban J connectivity index is 2.35. The number of nitrogens with zero attached hydrogens (tertiary/aromatic N) is 3. The molecule has 1 N–H and O–H groups in total. The Hall–Kier alpha value is -1.90. The monoisotopic (exact) mass is 305 g/mol. The minimum absolute atomic E-state index is 0.306. The second-order valence-corrected chi connectivity index (χ2v) is 5.38. The van der Waals surface area contributed by atoms with E-state index >= 15 is 0 Å². The minimum atomic E-state index is -0.636. The quantitative estimate of drug-likeness (QED) is 0.877. The van der Waals surface area contributed by atoms with Crippen LogP contribution in [0.5, 0.6) is 0 Å². The van der Waals surface area contributed by atoms with Crippen molar-refractivity contribution in [2.45, 2.75) is 39.2 Å². The Labute approximate surface area is 128 Å². The second-order valence-electron chi connectivity index (χ2n) is 5.01. The summed E-state index contributed by atoms with van der Waals surface area (Å²) in [6.45, 7) is 12.3. The summed E-state index contributed by atoms with van der Waals surface area (Å²) in [6.07, 6.45) is -0.119. The highest BCUT2D eigenvalue weighted by Gasteiger charge is 2.25. The number of aromatic nitrogens is 2. The molecule has 0 spiro atoms. The number of rotatable bonds is 4. The third-order valence-corrected chi connectivity index (χ3v) is 3.96. The first-order chi connectivity index (χ1) is 9.93. The first-order valence-corrected chi connectivity index (χ1v) is 6.95. The minimum Gasteiger partial charge on any atom is -0.425 e. The molecule has 1 heterocycles. The zero-order chi connectivity index (χ0) is 15.6. The predicted octanol–water partition coefficient (Wildman–Crippen LogP) is 3.60. The largest absolute Gasteiger partial charge is 0.425 e. The van der Waals surface area contributed by atoms with Crippen molar-refractivity contribution in [3.05, 3.63) is 51.5 Å². The zero-order valence-corrected chi connectivity index (χ0v) is 12.8. The molecule has 2 aromatic rings. The van der Waals surface area contributed by atoms with Crippen molar-refractivity contribution < 1.29 is 9.52 Å². The van der Waals surface area contributed by atoms with Crippen LogP contribution in [0, 0.1) is 20.4 Å². The Morgan fingerprint density at radius 2 is 2.10 bits per heavy atom. The maximum absolute atomic E-state index is 9.99. The maximum Gasteiger partial charge on any atom is 0.222 e. The van der Waals surface area contributed by atoms with Gasteiger partial charge in [0, 0.05) is 6.92 Å². The maximum atomic E-state index is 9.99. The van der Waals surface area contributed by atoms with Crippen molar-refractivity contribution in [3.63, 3.8) is 0 Å². The number of aliphatic hydroxyl groups is 1. The number of aliphatic hydroxyl groups excluding tert-OH is 1. The lowest BCUT2D eigenvalue weighted by atomic mass is 9.92. The Morgan fingerprint density at radius 3 is 2.62 bits per heavy atom. The first-order valence-electron chi connectivity index (χ1n) is 6.57. The van der Waals surface area contributed by atoms with E-state index in [1.54, 1.807) is 19.9 Å². The van der Waals surface area contributed by atoms with Gasteiger partial charge in [-0.1, -0.05) is 23.7 Å². The third kappa shape index (κ3) is 3.23. The molecular weight excluding hydrogens is 290 g/mol. The molecule has 5 nitrogen and oxygen atoms in total. The van der Waals surface area contributed by atoms with Crippen LogP contribution in [0.15, 0.2) is 16.5 Å². The van der Waals surface area contributed by atoms with Gasteiger partial charge in [0.05, 0.1) is 23.6 Å². The average molecular weight is 306 g/mol. The van der Waals surface area contributed by atoms with E-state index < -0.39 is 6.10 Å². The summed E-state index contributed by atoms with van der Waals surface area (Å²) in [5, 5.41) is 18.2. The molecule has 0 saturated carbocycles. The van der Waals surface area contributed by atoms with Gasteiger partial charge in [-0.2, -0.15) is 0 Å². The van der Waals surface area contributed by atoms with Gasteiger partial charge in [-0.15, -0.1) is 10.2 Å². The van der Waals surface area contributed by atoms with Crippen molar-refractivity contribution in [1.29, 1.82) is 0 Å². The van der Waals surface area contributed by atoms with Gasteiger partial charge in [-0.25, -0.2) is 4.85 Å². The van der Waals surface area contributed by atoms with E-state index in [1.807, 2.05) is 13.0 Å². The van der Waals surface area contributed by atoms with Crippen LogP contribution >= 0.6 is 11.6 Å². The van der Waals surface area contributed by atoms with Crippen LogP contribution in [0.1, 0.15) is 35.7 Å². The molecule has 0 unspecified atom stereocenters. The lowest BCUT2D eigenvalue weighted by Crippen LogP contribution is -2.18. The van der Waals surface area contributed by atoms with E-state index in [1.165, 1.54) is 0 Å². The number of hydrogen-bond acceptors (Lipinski definition) is 4. The van der Waals surface area contributed by atoms with E-state index in [-0.39, 0.29) is 5.92 Å². The normalized spacial score (nSPS) is 13.7. The van der Waals surface area contributed by atoms with Gasteiger partial charge in [0.1, 0.15) is 0 Å². The van der Waals surface area contributed by atoms with Crippen molar-refractivity contribution in [1.82, 2.24) is 10.2 Å². The van der Waals surface area contributed by atoms with Crippen LogP contribution in [0.2, 0.25) is 5.02 Å². The molecule has 1 aromatic carbocycles. The van der Waals surface area contributed by atoms with Crippen molar-refractivity contribution >= 4 is 17.3 Å². The molecule has 21 heavy (non-hydrogen) atoms. The molecule has 2 rings (SSSR count). The molecule has 110 valence electrons. The number of halogens is 1. The van der Waals surface area contributed by atoms with Crippen molar-refractivity contribution in [2.75, 3.05) is 0 Å². The number of aryl methyl sites for hydroxylation is 1. The standard InChI is InChI=1S/C15H16ClN3O2/c1-8-11(5-6-13(17-4)14(8)16)7-12(9(2)20)15-19-18-10(3)21-15/h5-6,9,12,20H,7H2,1-3H3/t9-,12+/m0/s1. The molecule has 0 aliphatic heterocycles. The third-order valence-electron chi connectivity index (χ3n) is 3.48. The molecule has 0 amide bonds. The molecule has 1 aromatic heterocycles.